The molecule has 3 heterocycles. The van der Waals surface area contributed by atoms with Gasteiger partial charge < -0.3 is 13.6 Å². The van der Waals surface area contributed by atoms with Gasteiger partial charge in [-0.2, -0.15) is 0 Å². The molecule has 0 spiro atoms. The summed E-state index contributed by atoms with van der Waals surface area (Å²) in [6.07, 6.45) is 2.37. The van der Waals surface area contributed by atoms with Gasteiger partial charge in [0.25, 0.3) is 0 Å². The first-order chi connectivity index (χ1) is 27.7. The van der Waals surface area contributed by atoms with Crippen molar-refractivity contribution in [2.75, 3.05) is 0 Å². The Morgan fingerprint density at radius 2 is 1.00 bits per heavy atom. The van der Waals surface area contributed by atoms with Crippen molar-refractivity contribution in [3.8, 4) is 22.5 Å². The van der Waals surface area contributed by atoms with Crippen molar-refractivity contribution in [1.82, 2.24) is 9.13 Å². The molecule has 3 heteroatoms. The average Bonchev–Trinajstić information content (AvgIpc) is 3.88. The number of rotatable bonds is 3. The van der Waals surface area contributed by atoms with Crippen LogP contribution in [0, 0.1) is 0 Å². The molecule has 12 rings (SSSR count). The van der Waals surface area contributed by atoms with Crippen molar-refractivity contribution in [2.45, 2.75) is 51.4 Å². The van der Waals surface area contributed by atoms with Gasteiger partial charge in [0, 0.05) is 43.7 Å². The van der Waals surface area contributed by atoms with Crippen molar-refractivity contribution in [3.63, 3.8) is 0 Å². The fourth-order valence-electron chi connectivity index (χ4n) is 10.2. The van der Waals surface area contributed by atoms with Crippen LogP contribution in [0.2, 0.25) is 0 Å². The summed E-state index contributed by atoms with van der Waals surface area (Å²) < 4.78 is 11.1. The number of aromatic nitrogens is 2. The van der Waals surface area contributed by atoms with Gasteiger partial charge in [0.1, 0.15) is 11.2 Å². The molecule has 0 atom stereocenters. The SMILES string of the molecule is CC1(C)CCC(C)(C)c2cc3c(cc21)c1cc2c4c5ccccc5ccc4n(-c4ccc(-c5ccc6oc7ccccc7c6c5)cc4)c2cc1n3-c1ccccc1. The molecular formula is C54H42N2O. The van der Waals surface area contributed by atoms with E-state index in [9.17, 15) is 0 Å². The van der Waals surface area contributed by atoms with E-state index in [0.29, 0.717) is 0 Å². The number of para-hydroxylation sites is 2. The summed E-state index contributed by atoms with van der Waals surface area (Å²) in [5.74, 6) is 0. The molecule has 1 aliphatic carbocycles. The van der Waals surface area contributed by atoms with Gasteiger partial charge in [0.2, 0.25) is 0 Å². The molecule has 3 aromatic heterocycles. The number of nitrogens with zero attached hydrogens (tertiary/aromatic N) is 2. The summed E-state index contributed by atoms with van der Waals surface area (Å²) in [5, 5.41) is 10.0. The molecule has 0 saturated carbocycles. The number of furan rings is 1. The third-order valence-electron chi connectivity index (χ3n) is 13.4. The minimum Gasteiger partial charge on any atom is -0.456 e. The predicted molar refractivity (Wildman–Crippen MR) is 241 cm³/mol. The molecule has 0 fully saturated rings. The number of hydrogen-bond donors (Lipinski definition) is 0. The van der Waals surface area contributed by atoms with Crippen LogP contribution in [0.25, 0.3) is 98.8 Å². The summed E-state index contributed by atoms with van der Waals surface area (Å²) in [6.45, 7) is 9.73. The van der Waals surface area contributed by atoms with E-state index in [2.05, 4.69) is 182 Å². The summed E-state index contributed by atoms with van der Waals surface area (Å²) in [5.41, 5.74) is 14.6. The molecule has 57 heavy (non-hydrogen) atoms. The fourth-order valence-corrected chi connectivity index (χ4v) is 10.2. The van der Waals surface area contributed by atoms with E-state index >= 15 is 0 Å². The molecular weight excluding hydrogens is 693 g/mol. The highest BCUT2D eigenvalue weighted by Crippen LogP contribution is 2.49. The van der Waals surface area contributed by atoms with Gasteiger partial charge in [0.05, 0.1) is 22.1 Å². The van der Waals surface area contributed by atoms with E-state index in [1.54, 1.807) is 0 Å². The molecule has 0 amide bonds. The smallest absolute Gasteiger partial charge is 0.135 e. The van der Waals surface area contributed by atoms with Gasteiger partial charge >= 0.3 is 0 Å². The van der Waals surface area contributed by atoms with Crippen LogP contribution in [0.1, 0.15) is 51.7 Å². The normalized spacial score (nSPS) is 15.2. The van der Waals surface area contributed by atoms with E-state index in [-0.39, 0.29) is 10.8 Å². The highest BCUT2D eigenvalue weighted by Gasteiger charge is 2.38. The molecule has 0 aliphatic heterocycles. The predicted octanol–water partition coefficient (Wildman–Crippen LogP) is 14.9. The van der Waals surface area contributed by atoms with Crippen molar-refractivity contribution >= 4 is 76.3 Å². The van der Waals surface area contributed by atoms with Gasteiger partial charge in [-0.15, -0.1) is 0 Å². The fraction of sp³-hybridized carbons (Fsp3) is 0.148. The average molecular weight is 735 g/mol. The van der Waals surface area contributed by atoms with Crippen molar-refractivity contribution in [3.05, 3.63) is 169 Å². The van der Waals surface area contributed by atoms with Gasteiger partial charge in [0.15, 0.2) is 0 Å². The quantitative estimate of drug-likeness (QED) is 0.177. The zero-order valence-electron chi connectivity index (χ0n) is 32.7. The largest absolute Gasteiger partial charge is 0.456 e. The van der Waals surface area contributed by atoms with Crippen molar-refractivity contribution < 1.29 is 4.42 Å². The van der Waals surface area contributed by atoms with Crippen LogP contribution in [0.3, 0.4) is 0 Å². The van der Waals surface area contributed by atoms with Gasteiger partial charge in [-0.05, 0) is 129 Å². The maximum Gasteiger partial charge on any atom is 0.135 e. The number of fused-ring (bicyclic) bond motifs is 12. The molecule has 11 aromatic rings. The second-order valence-electron chi connectivity index (χ2n) is 17.6. The Bertz CT molecular complexity index is 3440. The molecule has 8 aromatic carbocycles. The van der Waals surface area contributed by atoms with Crippen LogP contribution < -0.4 is 0 Å². The zero-order chi connectivity index (χ0) is 38.2. The van der Waals surface area contributed by atoms with Gasteiger partial charge in [-0.1, -0.05) is 113 Å². The Morgan fingerprint density at radius 3 is 1.81 bits per heavy atom. The van der Waals surface area contributed by atoms with Crippen LogP contribution in [0.4, 0.5) is 0 Å². The standard InChI is InChI=1S/C54H42N2O/c1-53(2)26-27-54(3,4)45-31-47-41(30-44(45)53)40-29-43-49(32-48(40)56(47)36-13-6-5-7-14-36)55(46-24-20-34-12-8-9-15-38(34)52(43)46)37-22-18-33(19-23-37)35-21-25-51-42(28-35)39-16-10-11-17-50(39)57-51/h5-25,28-32H,26-27H2,1-4H3. The number of benzene rings is 8. The Balaban J connectivity index is 1.14. The molecule has 0 saturated heterocycles. The third-order valence-corrected chi connectivity index (χ3v) is 13.4. The second kappa shape index (κ2) is 11.5. The Morgan fingerprint density at radius 1 is 0.404 bits per heavy atom. The Hall–Kier alpha value is -6.58. The van der Waals surface area contributed by atoms with Crippen LogP contribution >= 0.6 is 0 Å². The molecule has 1 aliphatic rings. The van der Waals surface area contributed by atoms with Crippen LogP contribution in [-0.4, -0.2) is 9.13 Å². The van der Waals surface area contributed by atoms with Crippen LogP contribution in [0.15, 0.2) is 162 Å². The molecule has 0 unspecified atom stereocenters. The zero-order valence-corrected chi connectivity index (χ0v) is 32.7. The van der Waals surface area contributed by atoms with Crippen molar-refractivity contribution in [2.24, 2.45) is 0 Å². The summed E-state index contributed by atoms with van der Waals surface area (Å²) in [7, 11) is 0. The van der Waals surface area contributed by atoms with E-state index in [1.165, 1.54) is 95.2 Å². The van der Waals surface area contributed by atoms with Crippen LogP contribution in [-0.2, 0) is 10.8 Å². The molecule has 3 nitrogen and oxygen atoms in total. The Kier molecular flexibility index (Phi) is 6.58. The summed E-state index contributed by atoms with van der Waals surface area (Å²) in [6, 6.07) is 58.4. The highest BCUT2D eigenvalue weighted by molar-refractivity contribution is 6.25. The first-order valence-corrected chi connectivity index (χ1v) is 20.3. The molecule has 0 radical (unpaired) electrons. The van der Waals surface area contributed by atoms with E-state index in [1.807, 2.05) is 12.1 Å². The lowest BCUT2D eigenvalue weighted by Gasteiger charge is -2.42. The van der Waals surface area contributed by atoms with E-state index in [0.717, 1.165) is 27.6 Å². The van der Waals surface area contributed by atoms with Crippen LogP contribution in [0.5, 0.6) is 0 Å². The third kappa shape index (κ3) is 4.66. The van der Waals surface area contributed by atoms with Gasteiger partial charge in [-0.25, -0.2) is 0 Å². The highest BCUT2D eigenvalue weighted by atomic mass is 16.3. The Labute approximate surface area is 331 Å². The maximum absolute atomic E-state index is 6.15. The minimum atomic E-state index is 0.109. The van der Waals surface area contributed by atoms with E-state index in [4.69, 9.17) is 4.42 Å². The lowest BCUT2D eigenvalue weighted by Crippen LogP contribution is -2.33. The lowest BCUT2D eigenvalue weighted by molar-refractivity contribution is 0.332. The van der Waals surface area contributed by atoms with E-state index < -0.39 is 0 Å². The topological polar surface area (TPSA) is 23.0 Å². The second-order valence-corrected chi connectivity index (χ2v) is 17.6. The molecule has 274 valence electrons. The maximum atomic E-state index is 6.15. The lowest BCUT2D eigenvalue weighted by atomic mass is 9.63. The first-order valence-electron chi connectivity index (χ1n) is 20.3. The molecule has 0 bridgehead atoms. The minimum absolute atomic E-state index is 0.109. The molecule has 0 N–H and O–H groups in total. The van der Waals surface area contributed by atoms with Crippen molar-refractivity contribution in [1.29, 1.82) is 0 Å². The van der Waals surface area contributed by atoms with Gasteiger partial charge in [-0.3, -0.25) is 0 Å². The first kappa shape index (κ1) is 32.6. The summed E-state index contributed by atoms with van der Waals surface area (Å²) in [4.78, 5) is 0. The summed E-state index contributed by atoms with van der Waals surface area (Å²) >= 11 is 0. The monoisotopic (exact) mass is 734 g/mol. The number of hydrogen-bond acceptors (Lipinski definition) is 1.